The lowest BCUT2D eigenvalue weighted by molar-refractivity contribution is -0.116. The number of benzene rings is 2. The van der Waals surface area contributed by atoms with Gasteiger partial charge in [-0.2, -0.15) is 0 Å². The van der Waals surface area contributed by atoms with Gasteiger partial charge < -0.3 is 15.0 Å². The Hall–Kier alpha value is -2.37. The fourth-order valence-corrected chi connectivity index (χ4v) is 3.29. The second kappa shape index (κ2) is 9.02. The monoisotopic (exact) mass is 386 g/mol. The van der Waals surface area contributed by atoms with Crippen LogP contribution in [0.2, 0.25) is 5.02 Å². The summed E-state index contributed by atoms with van der Waals surface area (Å²) in [4.78, 5) is 26.6. The molecule has 1 saturated heterocycles. The molecule has 1 N–H and O–H groups in total. The molecule has 0 aromatic heterocycles. The molecule has 0 bridgehead atoms. The van der Waals surface area contributed by atoms with E-state index in [2.05, 4.69) is 5.32 Å². The number of halogens is 1. The van der Waals surface area contributed by atoms with Crippen molar-refractivity contribution < 1.29 is 14.3 Å². The molecule has 0 saturated carbocycles. The highest BCUT2D eigenvalue weighted by atomic mass is 35.5. The molecule has 0 radical (unpaired) electrons. The predicted molar refractivity (Wildman–Crippen MR) is 106 cm³/mol. The van der Waals surface area contributed by atoms with Gasteiger partial charge in [-0.25, -0.2) is 0 Å². The Bertz CT molecular complexity index is 807. The number of aryl methyl sites for hydroxylation is 1. The topological polar surface area (TPSA) is 58.6 Å². The minimum absolute atomic E-state index is 0.0117. The van der Waals surface area contributed by atoms with Gasteiger partial charge in [0, 0.05) is 29.2 Å². The standard InChI is InChI=1S/C21H23ClN2O3/c1-15-14-27-13-12-24(15)21(26)17-6-9-18(10-7-17)23-20(25)11-8-16-4-2-3-5-19(16)22/h2-7,9-10,15H,8,11-14H2,1H3,(H,23,25). The molecule has 27 heavy (non-hydrogen) atoms. The zero-order chi connectivity index (χ0) is 19.2. The van der Waals surface area contributed by atoms with E-state index in [4.69, 9.17) is 16.3 Å². The van der Waals surface area contributed by atoms with Gasteiger partial charge >= 0.3 is 0 Å². The van der Waals surface area contributed by atoms with Gasteiger partial charge in [-0.3, -0.25) is 9.59 Å². The molecular formula is C21H23ClN2O3. The van der Waals surface area contributed by atoms with E-state index in [1.54, 1.807) is 24.3 Å². The molecule has 0 spiro atoms. The molecule has 2 amide bonds. The van der Waals surface area contributed by atoms with Crippen molar-refractivity contribution in [2.24, 2.45) is 0 Å². The van der Waals surface area contributed by atoms with Crippen molar-refractivity contribution in [2.75, 3.05) is 25.1 Å². The third-order valence-electron chi connectivity index (χ3n) is 4.62. The first-order valence-electron chi connectivity index (χ1n) is 9.06. The van der Waals surface area contributed by atoms with Gasteiger partial charge in [-0.15, -0.1) is 0 Å². The first-order chi connectivity index (χ1) is 13.0. The largest absolute Gasteiger partial charge is 0.377 e. The highest BCUT2D eigenvalue weighted by Gasteiger charge is 2.24. The van der Waals surface area contributed by atoms with Crippen molar-refractivity contribution >= 4 is 29.1 Å². The zero-order valence-corrected chi connectivity index (χ0v) is 16.0. The second-order valence-electron chi connectivity index (χ2n) is 6.64. The van der Waals surface area contributed by atoms with Crippen molar-refractivity contribution in [1.82, 2.24) is 4.90 Å². The van der Waals surface area contributed by atoms with E-state index in [1.807, 2.05) is 36.1 Å². The maximum Gasteiger partial charge on any atom is 0.254 e. The van der Waals surface area contributed by atoms with Gasteiger partial charge in [0.05, 0.1) is 19.3 Å². The van der Waals surface area contributed by atoms with E-state index < -0.39 is 0 Å². The van der Waals surface area contributed by atoms with Crippen molar-refractivity contribution in [1.29, 1.82) is 0 Å². The summed E-state index contributed by atoms with van der Waals surface area (Å²) >= 11 is 6.11. The molecule has 5 nitrogen and oxygen atoms in total. The molecule has 0 aliphatic carbocycles. The molecule has 3 rings (SSSR count). The Morgan fingerprint density at radius 3 is 2.63 bits per heavy atom. The minimum atomic E-state index is -0.0872. The number of morpholine rings is 1. The average Bonchev–Trinajstić information content (AvgIpc) is 2.68. The van der Waals surface area contributed by atoms with Crippen LogP contribution in [0.25, 0.3) is 0 Å². The van der Waals surface area contributed by atoms with Crippen LogP contribution in [0.5, 0.6) is 0 Å². The van der Waals surface area contributed by atoms with Crippen LogP contribution >= 0.6 is 11.6 Å². The van der Waals surface area contributed by atoms with E-state index >= 15 is 0 Å². The van der Waals surface area contributed by atoms with Crippen LogP contribution < -0.4 is 5.32 Å². The van der Waals surface area contributed by atoms with Crippen LogP contribution in [-0.4, -0.2) is 42.5 Å². The van der Waals surface area contributed by atoms with E-state index in [-0.39, 0.29) is 17.9 Å². The highest BCUT2D eigenvalue weighted by molar-refractivity contribution is 6.31. The van der Waals surface area contributed by atoms with Crippen LogP contribution in [-0.2, 0) is 16.0 Å². The van der Waals surface area contributed by atoms with Gasteiger partial charge in [-0.05, 0) is 49.2 Å². The van der Waals surface area contributed by atoms with Gasteiger partial charge in [0.15, 0.2) is 0 Å². The Kier molecular flexibility index (Phi) is 6.48. The number of anilines is 1. The summed E-state index contributed by atoms with van der Waals surface area (Å²) < 4.78 is 5.37. The maximum atomic E-state index is 12.6. The lowest BCUT2D eigenvalue weighted by atomic mass is 10.1. The highest BCUT2D eigenvalue weighted by Crippen LogP contribution is 2.18. The molecule has 1 aliphatic heterocycles. The summed E-state index contributed by atoms with van der Waals surface area (Å²) in [5.74, 6) is -0.0989. The molecule has 1 unspecified atom stereocenters. The van der Waals surface area contributed by atoms with Crippen molar-refractivity contribution in [2.45, 2.75) is 25.8 Å². The van der Waals surface area contributed by atoms with Crippen LogP contribution in [0.15, 0.2) is 48.5 Å². The summed E-state index contributed by atoms with van der Waals surface area (Å²) in [5, 5.41) is 3.53. The Morgan fingerprint density at radius 1 is 1.19 bits per heavy atom. The van der Waals surface area contributed by atoms with Gasteiger partial charge in [-0.1, -0.05) is 29.8 Å². The number of hydrogen-bond donors (Lipinski definition) is 1. The van der Waals surface area contributed by atoms with Gasteiger partial charge in [0.25, 0.3) is 5.91 Å². The third kappa shape index (κ3) is 5.08. The van der Waals surface area contributed by atoms with Gasteiger partial charge in [0.2, 0.25) is 5.91 Å². The molecule has 1 atom stereocenters. The first kappa shape index (κ1) is 19.4. The molecule has 1 aliphatic rings. The number of nitrogens with one attached hydrogen (secondary N) is 1. The molecule has 142 valence electrons. The number of carbonyl (C=O) groups excluding carboxylic acids is 2. The lowest BCUT2D eigenvalue weighted by Crippen LogP contribution is -2.47. The predicted octanol–water partition coefficient (Wildman–Crippen LogP) is 3.77. The van der Waals surface area contributed by atoms with Crippen LogP contribution in [0.1, 0.15) is 29.3 Å². The number of hydrogen-bond acceptors (Lipinski definition) is 3. The summed E-state index contributed by atoms with van der Waals surface area (Å²) in [7, 11) is 0. The molecular weight excluding hydrogens is 364 g/mol. The van der Waals surface area contributed by atoms with E-state index in [9.17, 15) is 9.59 Å². The summed E-state index contributed by atoms with van der Waals surface area (Å²) in [6, 6.07) is 14.6. The number of carbonyl (C=O) groups is 2. The Labute approximate surface area is 164 Å². The molecule has 1 heterocycles. The molecule has 2 aromatic carbocycles. The smallest absolute Gasteiger partial charge is 0.254 e. The van der Waals surface area contributed by atoms with Crippen molar-refractivity contribution in [3.63, 3.8) is 0 Å². The van der Waals surface area contributed by atoms with Crippen LogP contribution in [0.3, 0.4) is 0 Å². The quantitative estimate of drug-likeness (QED) is 0.850. The number of ether oxygens (including phenoxy) is 1. The van der Waals surface area contributed by atoms with Crippen LogP contribution in [0, 0.1) is 0 Å². The van der Waals surface area contributed by atoms with Gasteiger partial charge in [0.1, 0.15) is 0 Å². The maximum absolute atomic E-state index is 12.6. The third-order valence-corrected chi connectivity index (χ3v) is 4.99. The van der Waals surface area contributed by atoms with E-state index in [1.165, 1.54) is 0 Å². The number of nitrogens with zero attached hydrogens (tertiary/aromatic N) is 1. The molecule has 6 heteroatoms. The summed E-state index contributed by atoms with van der Waals surface area (Å²) in [6.07, 6.45) is 0.923. The van der Waals surface area contributed by atoms with Crippen LogP contribution in [0.4, 0.5) is 5.69 Å². The summed E-state index contributed by atoms with van der Waals surface area (Å²) in [6.45, 7) is 3.70. The first-order valence-corrected chi connectivity index (χ1v) is 9.44. The van der Waals surface area contributed by atoms with Crippen molar-refractivity contribution in [3.05, 3.63) is 64.7 Å². The SMILES string of the molecule is CC1COCCN1C(=O)c1ccc(NC(=O)CCc2ccccc2Cl)cc1. The normalized spacial score (nSPS) is 16.8. The van der Waals surface area contributed by atoms with E-state index in [0.717, 1.165) is 5.56 Å². The fraction of sp³-hybridized carbons (Fsp3) is 0.333. The lowest BCUT2D eigenvalue weighted by Gasteiger charge is -2.33. The second-order valence-corrected chi connectivity index (χ2v) is 7.05. The average molecular weight is 387 g/mol. The van der Waals surface area contributed by atoms with E-state index in [0.29, 0.717) is 48.9 Å². The summed E-state index contributed by atoms with van der Waals surface area (Å²) in [5.41, 5.74) is 2.23. The fourth-order valence-electron chi connectivity index (χ4n) is 3.06. The molecule has 1 fully saturated rings. The Morgan fingerprint density at radius 2 is 1.93 bits per heavy atom. The number of amides is 2. The number of rotatable bonds is 5. The minimum Gasteiger partial charge on any atom is -0.377 e. The van der Waals surface area contributed by atoms with Crippen molar-refractivity contribution in [3.8, 4) is 0 Å². The molecule has 2 aromatic rings. The zero-order valence-electron chi connectivity index (χ0n) is 15.3. The Balaban J connectivity index is 1.55.